The molecule has 1 amide bonds. The van der Waals surface area contributed by atoms with Crippen LogP contribution in [0.4, 0.5) is 13.2 Å². The number of likely N-dealkylation sites (tertiary alicyclic amines) is 1. The minimum Gasteiger partial charge on any atom is -0.345 e. The van der Waals surface area contributed by atoms with Crippen molar-refractivity contribution >= 4 is 35.0 Å². The zero-order valence-electron chi connectivity index (χ0n) is 17.4. The summed E-state index contributed by atoms with van der Waals surface area (Å²) in [5, 5.41) is 0.769. The predicted molar refractivity (Wildman–Crippen MR) is 117 cm³/mol. The van der Waals surface area contributed by atoms with E-state index in [4.69, 9.17) is 4.99 Å². The van der Waals surface area contributed by atoms with Gasteiger partial charge in [-0.15, -0.1) is 11.8 Å². The van der Waals surface area contributed by atoms with Crippen LogP contribution < -0.4 is 0 Å². The van der Waals surface area contributed by atoms with Gasteiger partial charge in [-0.1, -0.05) is 20.8 Å². The molecule has 0 radical (unpaired) electrons. The number of carbonyl (C=O) groups excluding carboxylic acids is 1. The molecule has 1 fully saturated rings. The van der Waals surface area contributed by atoms with E-state index in [1.165, 1.54) is 11.8 Å². The Bertz CT molecular complexity index is 722. The molecule has 2 rings (SSSR count). The summed E-state index contributed by atoms with van der Waals surface area (Å²) >= 11 is 1.39. The molecule has 0 N–H and O–H groups in total. The number of hydrogen-bond acceptors (Lipinski definition) is 4. The number of aliphatic imine (C=N–C) groups is 1. The Morgan fingerprint density at radius 1 is 1.21 bits per heavy atom. The third-order valence-electron chi connectivity index (χ3n) is 5.04. The second-order valence-electron chi connectivity index (χ2n) is 8.31. The van der Waals surface area contributed by atoms with Crippen LogP contribution >= 0.6 is 23.5 Å². The zero-order chi connectivity index (χ0) is 21.7. The molecule has 1 aliphatic heterocycles. The summed E-state index contributed by atoms with van der Waals surface area (Å²) < 4.78 is 38.8. The van der Waals surface area contributed by atoms with Gasteiger partial charge in [-0.25, -0.2) is 0 Å². The van der Waals surface area contributed by atoms with E-state index in [0.29, 0.717) is 12.5 Å². The fourth-order valence-electron chi connectivity index (χ4n) is 3.32. The van der Waals surface area contributed by atoms with E-state index >= 15 is 0 Å². The standard InChI is InChI=1S/C21H29F3N2OS2/c1-20(2,3)17-11-16(12-18(13-17)29-21(22,23)24)19(28-4)25-8-5-15-6-9-26(14-27)10-7-15/h11-15H,5-10H2,1-4H3. The van der Waals surface area contributed by atoms with Gasteiger partial charge in [-0.3, -0.25) is 9.79 Å². The molecular weight excluding hydrogens is 417 g/mol. The number of piperidine rings is 1. The van der Waals surface area contributed by atoms with Gasteiger partial charge in [-0.2, -0.15) is 13.2 Å². The summed E-state index contributed by atoms with van der Waals surface area (Å²) in [6, 6.07) is 5.17. The second kappa shape index (κ2) is 10.2. The Balaban J connectivity index is 2.16. The van der Waals surface area contributed by atoms with E-state index in [9.17, 15) is 18.0 Å². The first-order valence-electron chi connectivity index (χ1n) is 9.71. The Kier molecular flexibility index (Phi) is 8.52. The lowest BCUT2D eigenvalue weighted by Crippen LogP contribution is -2.32. The zero-order valence-corrected chi connectivity index (χ0v) is 19.0. The number of alkyl halides is 3. The molecule has 1 saturated heterocycles. The SMILES string of the molecule is CSC(=NCCC1CCN(C=O)CC1)c1cc(SC(F)(F)F)cc(C(C)(C)C)c1. The van der Waals surface area contributed by atoms with Crippen LogP contribution in [0.25, 0.3) is 0 Å². The van der Waals surface area contributed by atoms with Gasteiger partial charge in [0.25, 0.3) is 0 Å². The average Bonchev–Trinajstić information content (AvgIpc) is 2.63. The van der Waals surface area contributed by atoms with Crippen molar-refractivity contribution < 1.29 is 18.0 Å². The molecule has 1 aromatic carbocycles. The van der Waals surface area contributed by atoms with Crippen LogP contribution in [0.5, 0.6) is 0 Å². The van der Waals surface area contributed by atoms with Gasteiger partial charge >= 0.3 is 5.51 Å². The van der Waals surface area contributed by atoms with Crippen molar-refractivity contribution in [3.63, 3.8) is 0 Å². The quantitative estimate of drug-likeness (QED) is 0.234. The maximum absolute atomic E-state index is 12.9. The number of rotatable bonds is 6. The lowest BCUT2D eigenvalue weighted by molar-refractivity contribution is -0.119. The van der Waals surface area contributed by atoms with Crippen molar-refractivity contribution in [2.24, 2.45) is 10.9 Å². The van der Waals surface area contributed by atoms with Gasteiger partial charge in [0.15, 0.2) is 0 Å². The highest BCUT2D eigenvalue weighted by Gasteiger charge is 2.30. The van der Waals surface area contributed by atoms with Gasteiger partial charge in [0.1, 0.15) is 0 Å². The number of hydrogen-bond donors (Lipinski definition) is 0. The first-order chi connectivity index (χ1) is 13.5. The molecule has 29 heavy (non-hydrogen) atoms. The van der Waals surface area contributed by atoms with Crippen molar-refractivity contribution in [3.8, 4) is 0 Å². The van der Waals surface area contributed by atoms with E-state index < -0.39 is 5.51 Å². The minimum absolute atomic E-state index is 0.0754. The lowest BCUT2D eigenvalue weighted by atomic mass is 9.86. The minimum atomic E-state index is -4.32. The molecule has 0 unspecified atom stereocenters. The van der Waals surface area contributed by atoms with Crippen LogP contribution in [-0.2, 0) is 10.2 Å². The first kappa shape index (κ1) is 24.1. The van der Waals surface area contributed by atoms with Crippen LogP contribution in [0.2, 0.25) is 0 Å². The van der Waals surface area contributed by atoms with Crippen LogP contribution in [-0.4, -0.2) is 47.8 Å². The van der Waals surface area contributed by atoms with Gasteiger partial charge in [0.05, 0.1) is 5.04 Å². The van der Waals surface area contributed by atoms with Gasteiger partial charge in [0, 0.05) is 30.1 Å². The normalized spacial score (nSPS) is 16.9. The molecular formula is C21H29F3N2OS2. The van der Waals surface area contributed by atoms with E-state index in [-0.39, 0.29) is 22.1 Å². The van der Waals surface area contributed by atoms with Crippen LogP contribution in [0.3, 0.4) is 0 Å². The number of thioether (sulfide) groups is 2. The Labute approximate surface area is 179 Å². The molecule has 0 saturated carbocycles. The number of carbonyl (C=O) groups is 1. The number of amides is 1. The average molecular weight is 447 g/mol. The fraction of sp³-hybridized carbons (Fsp3) is 0.619. The summed E-state index contributed by atoms with van der Waals surface area (Å²) in [5.74, 6) is 0.537. The second-order valence-corrected chi connectivity index (χ2v) is 10.2. The maximum atomic E-state index is 12.9. The van der Waals surface area contributed by atoms with Crippen molar-refractivity contribution in [2.45, 2.75) is 55.9 Å². The lowest BCUT2D eigenvalue weighted by Gasteiger charge is -2.28. The molecule has 0 aromatic heterocycles. The van der Waals surface area contributed by atoms with Crippen LogP contribution in [0.1, 0.15) is 51.2 Å². The first-order valence-corrected chi connectivity index (χ1v) is 11.8. The number of benzene rings is 1. The van der Waals surface area contributed by atoms with Gasteiger partial charge in [-0.05, 0) is 72.4 Å². The smallest absolute Gasteiger partial charge is 0.345 e. The monoisotopic (exact) mass is 446 g/mol. The highest BCUT2D eigenvalue weighted by molar-refractivity contribution is 8.13. The molecule has 0 spiro atoms. The molecule has 8 heteroatoms. The summed E-state index contributed by atoms with van der Waals surface area (Å²) in [6.07, 6.45) is 5.70. The van der Waals surface area contributed by atoms with Crippen molar-refractivity contribution in [1.82, 2.24) is 4.90 Å². The molecule has 0 aliphatic carbocycles. The van der Waals surface area contributed by atoms with Crippen molar-refractivity contribution in [3.05, 3.63) is 29.3 Å². The molecule has 1 heterocycles. The molecule has 1 aliphatic rings. The summed E-state index contributed by atoms with van der Waals surface area (Å²) in [5.41, 5.74) is -2.97. The number of halogens is 3. The van der Waals surface area contributed by atoms with E-state index in [1.54, 1.807) is 17.0 Å². The Morgan fingerprint density at radius 2 is 1.86 bits per heavy atom. The van der Waals surface area contributed by atoms with Gasteiger partial charge < -0.3 is 4.90 Å². The highest BCUT2D eigenvalue weighted by Crippen LogP contribution is 2.39. The predicted octanol–water partition coefficient (Wildman–Crippen LogP) is 5.96. The fourth-order valence-corrected chi connectivity index (χ4v) is 4.53. The van der Waals surface area contributed by atoms with E-state index in [2.05, 4.69) is 0 Å². The Morgan fingerprint density at radius 3 is 2.38 bits per heavy atom. The van der Waals surface area contributed by atoms with E-state index in [1.807, 2.05) is 33.1 Å². The summed E-state index contributed by atoms with van der Waals surface area (Å²) in [4.78, 5) is 17.5. The highest BCUT2D eigenvalue weighted by atomic mass is 32.2. The van der Waals surface area contributed by atoms with Gasteiger partial charge in [0.2, 0.25) is 6.41 Å². The summed E-state index contributed by atoms with van der Waals surface area (Å²) in [6.45, 7) is 8.21. The molecule has 0 bridgehead atoms. The van der Waals surface area contributed by atoms with Crippen LogP contribution in [0.15, 0.2) is 28.1 Å². The molecule has 1 aromatic rings. The van der Waals surface area contributed by atoms with Crippen LogP contribution in [0, 0.1) is 5.92 Å². The number of nitrogens with zero attached hydrogens (tertiary/aromatic N) is 2. The third kappa shape index (κ3) is 7.89. The van der Waals surface area contributed by atoms with E-state index in [0.717, 1.165) is 54.9 Å². The Hall–Kier alpha value is -1.15. The topological polar surface area (TPSA) is 32.7 Å². The maximum Gasteiger partial charge on any atom is 0.446 e. The molecule has 0 atom stereocenters. The summed E-state index contributed by atoms with van der Waals surface area (Å²) in [7, 11) is 0. The third-order valence-corrected chi connectivity index (χ3v) is 6.49. The van der Waals surface area contributed by atoms with Crippen molar-refractivity contribution in [2.75, 3.05) is 25.9 Å². The molecule has 3 nitrogen and oxygen atoms in total. The molecule has 162 valence electrons. The largest absolute Gasteiger partial charge is 0.446 e. The van der Waals surface area contributed by atoms with Crippen molar-refractivity contribution in [1.29, 1.82) is 0 Å².